The molecule has 0 aliphatic carbocycles. The highest BCUT2D eigenvalue weighted by atomic mass is 32.1. The molecule has 0 bridgehead atoms. The molecule has 0 aliphatic rings. The van der Waals surface area contributed by atoms with Crippen LogP contribution in [0.25, 0.3) is 0 Å². The van der Waals surface area contributed by atoms with Gasteiger partial charge in [-0.15, -0.1) is 10.2 Å². The summed E-state index contributed by atoms with van der Waals surface area (Å²) in [6, 6.07) is 0. The van der Waals surface area contributed by atoms with Crippen LogP contribution in [-0.2, 0) is 16.9 Å². The van der Waals surface area contributed by atoms with Crippen molar-refractivity contribution >= 4 is 11.3 Å². The fourth-order valence-corrected chi connectivity index (χ4v) is 1.74. The lowest BCUT2D eigenvalue weighted by Crippen LogP contribution is -2.18. The summed E-state index contributed by atoms with van der Waals surface area (Å²) in [4.78, 5) is 0. The second kappa shape index (κ2) is 4.13. The van der Waals surface area contributed by atoms with Gasteiger partial charge in [0.25, 0.3) is 0 Å². The second-order valence-electron chi connectivity index (χ2n) is 3.25. The minimum atomic E-state index is -0.330. The van der Waals surface area contributed by atoms with E-state index in [2.05, 4.69) is 15.5 Å². The standard InChI is InChI=1S/C8H15N3OS/c1-8(2,12-4)7-11-10-6(13-7)5-9-3/h9H,5H2,1-4H3. The van der Waals surface area contributed by atoms with E-state index in [0.29, 0.717) is 0 Å². The molecule has 0 atom stereocenters. The summed E-state index contributed by atoms with van der Waals surface area (Å²) in [6.07, 6.45) is 0. The van der Waals surface area contributed by atoms with E-state index in [4.69, 9.17) is 4.74 Å². The van der Waals surface area contributed by atoms with Gasteiger partial charge >= 0.3 is 0 Å². The lowest BCUT2D eigenvalue weighted by molar-refractivity contribution is 0.0185. The van der Waals surface area contributed by atoms with Crippen molar-refractivity contribution in [3.63, 3.8) is 0 Å². The Morgan fingerprint density at radius 2 is 2.15 bits per heavy atom. The SMILES string of the molecule is CNCc1nnc(C(C)(C)OC)s1. The Hall–Kier alpha value is -0.520. The topological polar surface area (TPSA) is 47.0 Å². The Morgan fingerprint density at radius 3 is 2.69 bits per heavy atom. The van der Waals surface area contributed by atoms with Gasteiger partial charge in [-0.3, -0.25) is 0 Å². The van der Waals surface area contributed by atoms with E-state index in [1.54, 1.807) is 18.4 Å². The summed E-state index contributed by atoms with van der Waals surface area (Å²) in [6.45, 7) is 4.73. The Balaban J connectivity index is 2.79. The van der Waals surface area contributed by atoms with Crippen molar-refractivity contribution in [2.24, 2.45) is 0 Å². The van der Waals surface area contributed by atoms with Crippen LogP contribution in [0, 0.1) is 0 Å². The smallest absolute Gasteiger partial charge is 0.148 e. The molecule has 0 fully saturated rings. The molecule has 0 saturated carbocycles. The summed E-state index contributed by atoms with van der Waals surface area (Å²) < 4.78 is 5.30. The quantitative estimate of drug-likeness (QED) is 0.793. The number of hydrogen-bond donors (Lipinski definition) is 1. The molecule has 0 radical (unpaired) electrons. The van der Waals surface area contributed by atoms with E-state index in [-0.39, 0.29) is 5.60 Å². The zero-order valence-corrected chi connectivity index (χ0v) is 9.23. The molecule has 1 heterocycles. The molecular formula is C8H15N3OS. The predicted octanol–water partition coefficient (Wildman–Crippen LogP) is 1.14. The highest BCUT2D eigenvalue weighted by molar-refractivity contribution is 7.11. The lowest BCUT2D eigenvalue weighted by atomic mass is 10.1. The van der Waals surface area contributed by atoms with Crippen LogP contribution in [0.15, 0.2) is 0 Å². The largest absolute Gasteiger partial charge is 0.372 e. The van der Waals surface area contributed by atoms with Crippen LogP contribution in [0.2, 0.25) is 0 Å². The molecule has 0 unspecified atom stereocenters. The number of aromatic nitrogens is 2. The third-order valence-electron chi connectivity index (χ3n) is 1.82. The summed E-state index contributed by atoms with van der Waals surface area (Å²) in [5.74, 6) is 0. The first-order valence-electron chi connectivity index (χ1n) is 4.12. The van der Waals surface area contributed by atoms with Crippen LogP contribution in [0.4, 0.5) is 0 Å². The van der Waals surface area contributed by atoms with Gasteiger partial charge in [0.05, 0.1) is 0 Å². The maximum atomic E-state index is 5.30. The van der Waals surface area contributed by atoms with Gasteiger partial charge in [-0.2, -0.15) is 0 Å². The Morgan fingerprint density at radius 1 is 1.46 bits per heavy atom. The van der Waals surface area contributed by atoms with Gasteiger partial charge < -0.3 is 10.1 Å². The number of nitrogens with zero attached hydrogens (tertiary/aromatic N) is 2. The maximum absolute atomic E-state index is 5.30. The summed E-state index contributed by atoms with van der Waals surface area (Å²) >= 11 is 1.58. The minimum Gasteiger partial charge on any atom is -0.372 e. The summed E-state index contributed by atoms with van der Waals surface area (Å²) in [7, 11) is 3.57. The van der Waals surface area contributed by atoms with Crippen molar-refractivity contribution in [2.45, 2.75) is 26.0 Å². The van der Waals surface area contributed by atoms with E-state index < -0.39 is 0 Å². The van der Waals surface area contributed by atoms with Crippen molar-refractivity contribution in [3.05, 3.63) is 10.0 Å². The van der Waals surface area contributed by atoms with Crippen LogP contribution >= 0.6 is 11.3 Å². The zero-order valence-electron chi connectivity index (χ0n) is 8.42. The Labute approximate surface area is 82.3 Å². The van der Waals surface area contributed by atoms with Crippen LogP contribution < -0.4 is 5.32 Å². The average Bonchev–Trinajstić information content (AvgIpc) is 2.54. The number of nitrogens with one attached hydrogen (secondary N) is 1. The van der Waals surface area contributed by atoms with Crippen LogP contribution in [0.1, 0.15) is 23.9 Å². The van der Waals surface area contributed by atoms with Gasteiger partial charge in [0.15, 0.2) is 0 Å². The molecular weight excluding hydrogens is 186 g/mol. The first kappa shape index (κ1) is 10.6. The van der Waals surface area contributed by atoms with Crippen LogP contribution in [0.5, 0.6) is 0 Å². The summed E-state index contributed by atoms with van der Waals surface area (Å²) in [5, 5.41) is 13.1. The van der Waals surface area contributed by atoms with Crippen LogP contribution in [-0.4, -0.2) is 24.4 Å². The van der Waals surface area contributed by atoms with Gasteiger partial charge in [0.1, 0.15) is 15.6 Å². The fourth-order valence-electron chi connectivity index (χ4n) is 0.807. The fraction of sp³-hybridized carbons (Fsp3) is 0.750. The lowest BCUT2D eigenvalue weighted by Gasteiger charge is -2.18. The highest BCUT2D eigenvalue weighted by Gasteiger charge is 2.24. The zero-order chi connectivity index (χ0) is 9.90. The molecule has 5 heteroatoms. The van der Waals surface area contributed by atoms with Gasteiger partial charge in [0, 0.05) is 13.7 Å². The molecule has 1 N–H and O–H groups in total. The first-order chi connectivity index (χ1) is 6.10. The molecule has 4 nitrogen and oxygen atoms in total. The third kappa shape index (κ3) is 2.46. The average molecular weight is 201 g/mol. The van der Waals surface area contributed by atoms with E-state index in [1.165, 1.54) is 0 Å². The van der Waals surface area contributed by atoms with Gasteiger partial charge in [-0.1, -0.05) is 11.3 Å². The van der Waals surface area contributed by atoms with E-state index in [1.807, 2.05) is 20.9 Å². The molecule has 74 valence electrons. The number of rotatable bonds is 4. The number of hydrogen-bond acceptors (Lipinski definition) is 5. The molecule has 13 heavy (non-hydrogen) atoms. The molecule has 0 aromatic carbocycles. The molecule has 0 amide bonds. The minimum absolute atomic E-state index is 0.330. The molecule has 0 saturated heterocycles. The summed E-state index contributed by atoms with van der Waals surface area (Å²) in [5.41, 5.74) is -0.330. The van der Waals surface area contributed by atoms with Crippen molar-refractivity contribution in [3.8, 4) is 0 Å². The monoisotopic (exact) mass is 201 g/mol. The molecule has 1 aromatic rings. The van der Waals surface area contributed by atoms with E-state index in [0.717, 1.165) is 16.6 Å². The maximum Gasteiger partial charge on any atom is 0.148 e. The van der Waals surface area contributed by atoms with Crippen molar-refractivity contribution in [2.75, 3.05) is 14.2 Å². The predicted molar refractivity (Wildman–Crippen MR) is 52.7 cm³/mol. The van der Waals surface area contributed by atoms with E-state index in [9.17, 15) is 0 Å². The molecule has 0 aliphatic heterocycles. The number of methoxy groups -OCH3 is 1. The number of ether oxygens (including phenoxy) is 1. The second-order valence-corrected chi connectivity index (χ2v) is 4.31. The van der Waals surface area contributed by atoms with Crippen molar-refractivity contribution < 1.29 is 4.74 Å². The van der Waals surface area contributed by atoms with Gasteiger partial charge in [-0.25, -0.2) is 0 Å². The van der Waals surface area contributed by atoms with Gasteiger partial charge in [-0.05, 0) is 20.9 Å². The Kier molecular flexibility index (Phi) is 3.35. The van der Waals surface area contributed by atoms with Gasteiger partial charge in [0.2, 0.25) is 0 Å². The van der Waals surface area contributed by atoms with Crippen molar-refractivity contribution in [1.82, 2.24) is 15.5 Å². The molecule has 0 spiro atoms. The highest BCUT2D eigenvalue weighted by Crippen LogP contribution is 2.26. The Bertz CT molecular complexity index is 272. The van der Waals surface area contributed by atoms with E-state index >= 15 is 0 Å². The third-order valence-corrected chi connectivity index (χ3v) is 3.05. The first-order valence-corrected chi connectivity index (χ1v) is 4.94. The van der Waals surface area contributed by atoms with Crippen molar-refractivity contribution in [1.29, 1.82) is 0 Å². The molecule has 1 aromatic heterocycles. The molecule has 1 rings (SSSR count). The van der Waals surface area contributed by atoms with Crippen LogP contribution in [0.3, 0.4) is 0 Å². The normalized spacial score (nSPS) is 12.0.